The second-order valence-corrected chi connectivity index (χ2v) is 5.89. The summed E-state index contributed by atoms with van der Waals surface area (Å²) in [5.74, 6) is -12.0. The molecule has 0 aliphatic carbocycles. The monoisotopic (exact) mass is 436 g/mol. The summed E-state index contributed by atoms with van der Waals surface area (Å²) in [4.78, 5) is 23.0. The van der Waals surface area contributed by atoms with Gasteiger partial charge in [0.15, 0.2) is 22.5 Å². The predicted octanol–water partition coefficient (Wildman–Crippen LogP) is 3.73. The Labute approximate surface area is 165 Å². The summed E-state index contributed by atoms with van der Waals surface area (Å²) >= 11 is 10.5. The zero-order chi connectivity index (χ0) is 21.2. The van der Waals surface area contributed by atoms with E-state index in [1.54, 1.807) is 0 Å². The molecule has 2 rings (SSSR count). The van der Waals surface area contributed by atoms with Gasteiger partial charge in [0.1, 0.15) is 5.56 Å². The van der Waals surface area contributed by atoms with Crippen molar-refractivity contribution in [2.75, 3.05) is 12.4 Å². The molecule has 0 aliphatic rings. The van der Waals surface area contributed by atoms with Crippen LogP contribution >= 0.6 is 23.8 Å². The first-order chi connectivity index (χ1) is 13.1. The number of amides is 1. The third kappa shape index (κ3) is 4.15. The van der Waals surface area contributed by atoms with Crippen molar-refractivity contribution in [2.24, 2.45) is 0 Å². The molecule has 0 spiro atoms. The molecule has 28 heavy (non-hydrogen) atoms. The first kappa shape index (κ1) is 21.4. The Hall–Kier alpha value is -2.92. The maximum absolute atomic E-state index is 13.9. The molecule has 0 saturated heterocycles. The fraction of sp³-hybridized carbons (Fsp3) is 0.0625. The Morgan fingerprint density at radius 1 is 1.11 bits per heavy atom. The number of aromatic carboxylic acids is 1. The number of ether oxygens (including phenoxy) is 1. The van der Waals surface area contributed by atoms with Crippen LogP contribution < -0.4 is 15.4 Å². The fourth-order valence-corrected chi connectivity index (χ4v) is 2.49. The summed E-state index contributed by atoms with van der Waals surface area (Å²) in [7, 11) is 0.788. The minimum absolute atomic E-state index is 0.0682. The van der Waals surface area contributed by atoms with Crippen LogP contribution in [-0.2, 0) is 0 Å². The first-order valence-electron chi connectivity index (χ1n) is 7.13. The second-order valence-electron chi connectivity index (χ2n) is 5.07. The summed E-state index contributed by atoms with van der Waals surface area (Å²) < 4.78 is 59.5. The molecule has 2 aromatic rings. The van der Waals surface area contributed by atoms with Crippen LogP contribution in [0.4, 0.5) is 23.2 Å². The quantitative estimate of drug-likeness (QED) is 0.384. The SMILES string of the molecule is COc1c(F)c(F)c(C(=O)NC(=S)Nc2ccc(Cl)c(C(=O)O)c2)c(F)c1F. The maximum atomic E-state index is 13.9. The van der Waals surface area contributed by atoms with Gasteiger partial charge in [0.2, 0.25) is 11.6 Å². The van der Waals surface area contributed by atoms with E-state index in [0.717, 1.165) is 13.2 Å². The van der Waals surface area contributed by atoms with Gasteiger partial charge in [-0.05, 0) is 30.4 Å². The van der Waals surface area contributed by atoms with Gasteiger partial charge in [-0.1, -0.05) is 11.6 Å². The Kier molecular flexibility index (Phi) is 6.41. The standard InChI is InChI=1S/C16H9ClF4N2O4S/c1-27-13-11(20)9(18)8(10(19)12(13)21)14(24)23-16(28)22-5-2-3-7(17)6(4-5)15(25)26/h2-4H,1H3,(H,25,26)(H2,22,23,24,28). The summed E-state index contributed by atoms with van der Waals surface area (Å²) in [6.07, 6.45) is 0. The molecule has 12 heteroatoms. The average molecular weight is 437 g/mol. The van der Waals surface area contributed by atoms with Gasteiger partial charge in [-0.25, -0.2) is 13.6 Å². The van der Waals surface area contributed by atoms with Gasteiger partial charge >= 0.3 is 5.97 Å². The minimum Gasteiger partial charge on any atom is -0.491 e. The van der Waals surface area contributed by atoms with E-state index in [1.807, 2.05) is 5.32 Å². The first-order valence-corrected chi connectivity index (χ1v) is 7.92. The van der Waals surface area contributed by atoms with E-state index in [-0.39, 0.29) is 16.3 Å². The summed E-state index contributed by atoms with van der Waals surface area (Å²) in [6.45, 7) is 0. The molecule has 1 amide bonds. The number of halogens is 5. The molecule has 148 valence electrons. The van der Waals surface area contributed by atoms with Gasteiger partial charge in [-0.2, -0.15) is 8.78 Å². The van der Waals surface area contributed by atoms with Crippen molar-refractivity contribution in [1.29, 1.82) is 0 Å². The third-order valence-corrected chi connectivity index (χ3v) is 3.87. The summed E-state index contributed by atoms with van der Waals surface area (Å²) in [6, 6.07) is 3.61. The lowest BCUT2D eigenvalue weighted by molar-refractivity contribution is 0.0696. The smallest absolute Gasteiger partial charge is 0.337 e. The van der Waals surface area contributed by atoms with Crippen LogP contribution in [0.25, 0.3) is 0 Å². The molecule has 2 aromatic carbocycles. The molecule has 6 nitrogen and oxygen atoms in total. The molecule has 0 unspecified atom stereocenters. The van der Waals surface area contributed by atoms with Gasteiger partial charge < -0.3 is 15.2 Å². The number of carbonyl (C=O) groups is 2. The number of carbonyl (C=O) groups excluding carboxylic acids is 1. The molecule has 0 fully saturated rings. The molecule has 0 saturated carbocycles. The molecule has 0 aromatic heterocycles. The average Bonchev–Trinajstić information content (AvgIpc) is 2.62. The van der Waals surface area contributed by atoms with Gasteiger partial charge in [-0.15, -0.1) is 0 Å². The van der Waals surface area contributed by atoms with Crippen LogP contribution in [0.2, 0.25) is 5.02 Å². The van der Waals surface area contributed by atoms with Gasteiger partial charge in [-0.3, -0.25) is 10.1 Å². The number of hydrogen-bond donors (Lipinski definition) is 3. The van der Waals surface area contributed by atoms with Crippen molar-refractivity contribution in [3.8, 4) is 5.75 Å². The van der Waals surface area contributed by atoms with E-state index < -0.39 is 51.6 Å². The van der Waals surface area contributed by atoms with E-state index >= 15 is 0 Å². The molecule has 0 atom stereocenters. The lowest BCUT2D eigenvalue weighted by atomic mass is 10.1. The van der Waals surface area contributed by atoms with Crippen molar-refractivity contribution < 1.29 is 37.0 Å². The number of anilines is 1. The van der Waals surface area contributed by atoms with E-state index in [0.29, 0.717) is 0 Å². The molecule has 0 radical (unpaired) electrons. The van der Waals surface area contributed by atoms with Crippen molar-refractivity contribution in [1.82, 2.24) is 5.32 Å². The van der Waals surface area contributed by atoms with Crippen molar-refractivity contribution in [3.63, 3.8) is 0 Å². The number of methoxy groups -OCH3 is 1. The number of nitrogens with one attached hydrogen (secondary N) is 2. The molecular weight excluding hydrogens is 428 g/mol. The Bertz CT molecular complexity index is 974. The molecule has 0 bridgehead atoms. The van der Waals surface area contributed by atoms with Crippen LogP contribution in [0.1, 0.15) is 20.7 Å². The number of carboxylic acids is 1. The van der Waals surface area contributed by atoms with Crippen LogP contribution in [0.3, 0.4) is 0 Å². The topological polar surface area (TPSA) is 87.7 Å². The largest absolute Gasteiger partial charge is 0.491 e. The van der Waals surface area contributed by atoms with Gasteiger partial charge in [0.05, 0.1) is 17.7 Å². The van der Waals surface area contributed by atoms with Crippen LogP contribution in [0.5, 0.6) is 5.75 Å². The fourth-order valence-electron chi connectivity index (χ4n) is 2.08. The van der Waals surface area contributed by atoms with Gasteiger partial charge in [0, 0.05) is 5.69 Å². The van der Waals surface area contributed by atoms with Crippen LogP contribution in [0.15, 0.2) is 18.2 Å². The van der Waals surface area contributed by atoms with Gasteiger partial charge in [0.25, 0.3) is 5.91 Å². The van der Waals surface area contributed by atoms with E-state index in [9.17, 15) is 27.2 Å². The van der Waals surface area contributed by atoms with Crippen molar-refractivity contribution in [3.05, 3.63) is 57.6 Å². The van der Waals surface area contributed by atoms with Crippen LogP contribution in [0, 0.1) is 23.3 Å². The third-order valence-electron chi connectivity index (χ3n) is 3.34. The lowest BCUT2D eigenvalue weighted by Gasteiger charge is -2.13. The van der Waals surface area contributed by atoms with E-state index in [1.165, 1.54) is 12.1 Å². The number of thiocarbonyl (C=S) groups is 1. The lowest BCUT2D eigenvalue weighted by Crippen LogP contribution is -2.35. The normalized spacial score (nSPS) is 10.4. The molecule has 0 aliphatic heterocycles. The highest BCUT2D eigenvalue weighted by atomic mass is 35.5. The maximum Gasteiger partial charge on any atom is 0.337 e. The number of rotatable bonds is 4. The summed E-state index contributed by atoms with van der Waals surface area (Å²) in [5.41, 5.74) is -1.76. The summed E-state index contributed by atoms with van der Waals surface area (Å²) in [5, 5.41) is 12.6. The predicted molar refractivity (Wildman–Crippen MR) is 94.9 cm³/mol. The Morgan fingerprint density at radius 2 is 1.68 bits per heavy atom. The number of carboxylic acid groups (broad SMARTS) is 1. The second kappa shape index (κ2) is 8.40. The highest BCUT2D eigenvalue weighted by molar-refractivity contribution is 7.80. The highest BCUT2D eigenvalue weighted by Gasteiger charge is 2.30. The minimum atomic E-state index is -1.98. The highest BCUT2D eigenvalue weighted by Crippen LogP contribution is 2.29. The van der Waals surface area contributed by atoms with Crippen molar-refractivity contribution >= 4 is 46.5 Å². The van der Waals surface area contributed by atoms with Crippen LogP contribution in [-0.4, -0.2) is 29.2 Å². The number of benzene rings is 2. The van der Waals surface area contributed by atoms with E-state index in [2.05, 4.69) is 10.1 Å². The number of hydrogen-bond acceptors (Lipinski definition) is 4. The van der Waals surface area contributed by atoms with Crippen molar-refractivity contribution in [2.45, 2.75) is 0 Å². The zero-order valence-electron chi connectivity index (χ0n) is 13.7. The Morgan fingerprint density at radius 3 is 2.18 bits per heavy atom. The molecular formula is C16H9ClF4N2O4S. The van der Waals surface area contributed by atoms with E-state index in [4.69, 9.17) is 28.9 Å². The Balaban J connectivity index is 2.26. The molecule has 0 heterocycles. The molecule has 3 N–H and O–H groups in total. The zero-order valence-corrected chi connectivity index (χ0v) is 15.3.